The summed E-state index contributed by atoms with van der Waals surface area (Å²) in [6.07, 6.45) is -0.925. The molecule has 6 nitrogen and oxygen atoms in total. The average molecular weight is 406 g/mol. The molecule has 0 fully saturated rings. The van der Waals surface area contributed by atoms with Crippen molar-refractivity contribution in [2.45, 2.75) is 18.3 Å². The van der Waals surface area contributed by atoms with E-state index in [1.54, 1.807) is 6.92 Å². The number of para-hydroxylation sites is 2. The van der Waals surface area contributed by atoms with Gasteiger partial charge in [0.15, 0.2) is 11.7 Å². The highest BCUT2D eigenvalue weighted by Crippen LogP contribution is 2.24. The fourth-order valence-electron chi connectivity index (χ4n) is 2.89. The third-order valence-corrected chi connectivity index (χ3v) is 5.11. The minimum atomic E-state index is -0.925. The van der Waals surface area contributed by atoms with E-state index in [-0.39, 0.29) is 11.7 Å². The Morgan fingerprint density at radius 2 is 1.83 bits per heavy atom. The van der Waals surface area contributed by atoms with E-state index in [4.69, 9.17) is 9.15 Å². The van der Waals surface area contributed by atoms with Gasteiger partial charge in [-0.05, 0) is 30.5 Å². The van der Waals surface area contributed by atoms with Gasteiger partial charge in [0, 0.05) is 11.1 Å². The molecule has 0 saturated carbocycles. The molecule has 0 spiro atoms. The Balaban J connectivity index is 1.33. The number of anilines is 1. The Bertz CT molecular complexity index is 1150. The summed E-state index contributed by atoms with van der Waals surface area (Å²) in [7, 11) is 0. The normalized spacial score (nSPS) is 12.0. The molecule has 0 saturated heterocycles. The van der Waals surface area contributed by atoms with Crippen molar-refractivity contribution in [2.24, 2.45) is 0 Å². The number of hydrogen-bond acceptors (Lipinski definition) is 6. The van der Waals surface area contributed by atoms with Crippen molar-refractivity contribution >= 4 is 51.2 Å². The van der Waals surface area contributed by atoms with Gasteiger partial charge in [-0.25, -0.2) is 4.98 Å². The largest absolute Gasteiger partial charge is 0.452 e. The third kappa shape index (κ3) is 4.41. The molecule has 0 aliphatic carbocycles. The summed E-state index contributed by atoms with van der Waals surface area (Å²) in [6, 6.07) is 20.8. The van der Waals surface area contributed by atoms with Crippen LogP contribution in [0.4, 0.5) is 5.69 Å². The van der Waals surface area contributed by atoms with Crippen molar-refractivity contribution in [3.8, 4) is 0 Å². The van der Waals surface area contributed by atoms with Gasteiger partial charge in [-0.2, -0.15) is 0 Å². The van der Waals surface area contributed by atoms with Crippen molar-refractivity contribution in [1.29, 1.82) is 0 Å². The highest BCUT2D eigenvalue weighted by molar-refractivity contribution is 7.99. The predicted molar refractivity (Wildman–Crippen MR) is 113 cm³/mol. The number of nitrogens with zero attached hydrogens (tertiary/aromatic N) is 1. The Morgan fingerprint density at radius 3 is 2.69 bits per heavy atom. The zero-order valence-electron chi connectivity index (χ0n) is 15.6. The summed E-state index contributed by atoms with van der Waals surface area (Å²) in [4.78, 5) is 28.9. The molecule has 0 unspecified atom stereocenters. The van der Waals surface area contributed by atoms with Gasteiger partial charge in [-0.1, -0.05) is 60.3 Å². The van der Waals surface area contributed by atoms with E-state index in [0.717, 1.165) is 28.1 Å². The minimum Gasteiger partial charge on any atom is -0.452 e. The molecular formula is C22H18N2O4S. The lowest BCUT2D eigenvalue weighted by atomic mass is 10.1. The molecule has 4 rings (SSSR count). The van der Waals surface area contributed by atoms with Gasteiger partial charge < -0.3 is 14.5 Å². The van der Waals surface area contributed by atoms with E-state index in [1.165, 1.54) is 0 Å². The summed E-state index contributed by atoms with van der Waals surface area (Å²) in [5, 5.41) is 5.16. The van der Waals surface area contributed by atoms with Gasteiger partial charge >= 0.3 is 5.97 Å². The number of fused-ring (bicyclic) bond motifs is 2. The minimum absolute atomic E-state index is 0.00128. The fraction of sp³-hybridized carbons (Fsp3) is 0.136. The Hall–Kier alpha value is -3.32. The van der Waals surface area contributed by atoms with Crippen LogP contribution in [0.1, 0.15) is 6.92 Å². The molecule has 4 aromatic rings. The third-order valence-electron chi connectivity index (χ3n) is 4.31. The standard InChI is InChI=1S/C22H18N2O4S/c1-14(21(26)23-17-11-6-8-15-7-2-3-9-16(15)17)27-20(25)13-29-22-24-18-10-4-5-12-19(18)28-22/h2-12,14H,13H2,1H3,(H,23,26)/t14-/m1/s1. The van der Waals surface area contributed by atoms with Crippen LogP contribution in [0.3, 0.4) is 0 Å². The molecule has 1 atom stereocenters. The van der Waals surface area contributed by atoms with Gasteiger partial charge in [-0.3, -0.25) is 9.59 Å². The molecule has 1 amide bonds. The number of thioether (sulfide) groups is 1. The predicted octanol–water partition coefficient (Wildman–Crippen LogP) is 4.64. The first-order chi connectivity index (χ1) is 14.1. The van der Waals surface area contributed by atoms with Gasteiger partial charge in [0.05, 0.1) is 0 Å². The first-order valence-corrected chi connectivity index (χ1v) is 10.1. The number of esters is 1. The van der Waals surface area contributed by atoms with E-state index in [1.807, 2.05) is 66.7 Å². The highest BCUT2D eigenvalue weighted by atomic mass is 32.2. The summed E-state index contributed by atoms with van der Waals surface area (Å²) in [5.41, 5.74) is 2.06. The van der Waals surface area contributed by atoms with Crippen molar-refractivity contribution in [3.05, 3.63) is 66.7 Å². The molecule has 3 aromatic carbocycles. The molecule has 146 valence electrons. The van der Waals surface area contributed by atoms with Crippen LogP contribution in [0.2, 0.25) is 0 Å². The SMILES string of the molecule is C[C@@H](OC(=O)CSc1nc2ccccc2o1)C(=O)Nc1cccc2ccccc12. The maximum absolute atomic E-state index is 12.5. The smallest absolute Gasteiger partial charge is 0.317 e. The van der Waals surface area contributed by atoms with E-state index in [9.17, 15) is 9.59 Å². The number of ether oxygens (including phenoxy) is 1. The van der Waals surface area contributed by atoms with Gasteiger partial charge in [-0.15, -0.1) is 0 Å². The molecule has 7 heteroatoms. The first-order valence-electron chi connectivity index (χ1n) is 9.06. The monoisotopic (exact) mass is 406 g/mol. The van der Waals surface area contributed by atoms with E-state index in [2.05, 4.69) is 10.3 Å². The number of carbonyl (C=O) groups excluding carboxylic acids is 2. The van der Waals surface area contributed by atoms with E-state index >= 15 is 0 Å². The van der Waals surface area contributed by atoms with Crippen LogP contribution in [0.15, 0.2) is 76.4 Å². The van der Waals surface area contributed by atoms with Crippen LogP contribution >= 0.6 is 11.8 Å². The first kappa shape index (κ1) is 19.0. The summed E-state index contributed by atoms with van der Waals surface area (Å²) in [6.45, 7) is 1.54. The second-order valence-electron chi connectivity index (χ2n) is 6.38. The van der Waals surface area contributed by atoms with Crippen LogP contribution in [0.5, 0.6) is 0 Å². The number of nitrogens with one attached hydrogen (secondary N) is 1. The van der Waals surface area contributed by atoms with Crippen molar-refractivity contribution in [2.75, 3.05) is 11.1 Å². The molecule has 1 aromatic heterocycles. The summed E-state index contributed by atoms with van der Waals surface area (Å²) >= 11 is 1.13. The fourth-order valence-corrected chi connectivity index (χ4v) is 3.51. The molecular weight excluding hydrogens is 388 g/mol. The maximum Gasteiger partial charge on any atom is 0.317 e. The lowest BCUT2D eigenvalue weighted by Gasteiger charge is -2.14. The number of rotatable bonds is 6. The second kappa shape index (κ2) is 8.36. The number of benzene rings is 3. The lowest BCUT2D eigenvalue weighted by molar-refractivity contribution is -0.150. The van der Waals surface area contributed by atoms with Gasteiger partial charge in [0.25, 0.3) is 11.1 Å². The summed E-state index contributed by atoms with van der Waals surface area (Å²) in [5.74, 6) is -0.905. The quantitative estimate of drug-likeness (QED) is 0.371. The van der Waals surface area contributed by atoms with Gasteiger partial charge in [0.1, 0.15) is 11.3 Å². The average Bonchev–Trinajstić information content (AvgIpc) is 3.15. The van der Waals surface area contributed by atoms with E-state index in [0.29, 0.717) is 16.5 Å². The van der Waals surface area contributed by atoms with Crippen LogP contribution in [-0.4, -0.2) is 28.7 Å². The molecule has 0 bridgehead atoms. The Labute approximate surface area is 171 Å². The van der Waals surface area contributed by atoms with Crippen LogP contribution in [-0.2, 0) is 14.3 Å². The Morgan fingerprint density at radius 1 is 1.07 bits per heavy atom. The summed E-state index contributed by atoms with van der Waals surface area (Å²) < 4.78 is 10.8. The zero-order chi connectivity index (χ0) is 20.2. The molecule has 0 radical (unpaired) electrons. The van der Waals surface area contributed by atoms with E-state index < -0.39 is 12.1 Å². The number of carbonyl (C=O) groups is 2. The van der Waals surface area contributed by atoms with Crippen LogP contribution < -0.4 is 5.32 Å². The molecule has 0 aliphatic rings. The molecule has 1 heterocycles. The van der Waals surface area contributed by atoms with Crippen LogP contribution in [0, 0.1) is 0 Å². The number of oxazole rings is 1. The van der Waals surface area contributed by atoms with Crippen molar-refractivity contribution < 1.29 is 18.7 Å². The van der Waals surface area contributed by atoms with Gasteiger partial charge in [0.2, 0.25) is 0 Å². The molecule has 1 N–H and O–H groups in total. The Kier molecular flexibility index (Phi) is 5.48. The number of aromatic nitrogens is 1. The van der Waals surface area contributed by atoms with Crippen molar-refractivity contribution in [3.63, 3.8) is 0 Å². The van der Waals surface area contributed by atoms with Crippen molar-refractivity contribution in [1.82, 2.24) is 4.98 Å². The number of hydrogen-bond donors (Lipinski definition) is 1. The lowest BCUT2D eigenvalue weighted by Crippen LogP contribution is -2.30. The maximum atomic E-state index is 12.5. The topological polar surface area (TPSA) is 81.4 Å². The molecule has 0 aliphatic heterocycles. The zero-order valence-corrected chi connectivity index (χ0v) is 16.4. The number of amides is 1. The second-order valence-corrected chi connectivity index (χ2v) is 7.31. The highest BCUT2D eigenvalue weighted by Gasteiger charge is 2.19. The van der Waals surface area contributed by atoms with Crippen LogP contribution in [0.25, 0.3) is 21.9 Å². The molecule has 29 heavy (non-hydrogen) atoms.